The van der Waals surface area contributed by atoms with Crippen LogP contribution in [0.2, 0.25) is 0 Å². The summed E-state index contributed by atoms with van der Waals surface area (Å²) in [6, 6.07) is 14.1. The lowest BCUT2D eigenvalue weighted by Crippen LogP contribution is -2.27. The number of carbonyl (C=O) groups excluding carboxylic acids is 1. The number of hydrogen-bond donors (Lipinski definition) is 3. The number of aromatic nitrogens is 2. The highest BCUT2D eigenvalue weighted by atomic mass is 32.1. The van der Waals surface area contributed by atoms with Crippen LogP contribution in [-0.4, -0.2) is 34.1 Å². The first-order chi connectivity index (χ1) is 16.9. The summed E-state index contributed by atoms with van der Waals surface area (Å²) in [5.74, 6) is -1.51. The highest BCUT2D eigenvalue weighted by Gasteiger charge is 2.16. The third-order valence-corrected chi connectivity index (χ3v) is 6.14. The van der Waals surface area contributed by atoms with Gasteiger partial charge in [0.2, 0.25) is 5.82 Å². The van der Waals surface area contributed by atoms with Crippen molar-refractivity contribution in [3.63, 3.8) is 0 Å². The number of aromatic carboxylic acids is 1. The number of carboxylic acids is 1. The normalized spacial score (nSPS) is 11.0. The second-order valence-electron chi connectivity index (χ2n) is 7.79. The number of rotatable bonds is 10. The summed E-state index contributed by atoms with van der Waals surface area (Å²) >= 11 is 1.26. The Labute approximate surface area is 204 Å². The van der Waals surface area contributed by atoms with Crippen molar-refractivity contribution in [2.75, 3.05) is 7.11 Å². The third kappa shape index (κ3) is 5.99. The zero-order valence-electron chi connectivity index (χ0n) is 18.9. The van der Waals surface area contributed by atoms with Gasteiger partial charge in [0, 0.05) is 19.2 Å². The molecular weight excluding hydrogens is 470 g/mol. The minimum Gasteiger partial charge on any atom is -0.478 e. The van der Waals surface area contributed by atoms with E-state index in [1.165, 1.54) is 23.5 Å². The Morgan fingerprint density at radius 2 is 1.83 bits per heavy atom. The number of hydrogen-bond acceptors (Lipinski definition) is 7. The van der Waals surface area contributed by atoms with E-state index < -0.39 is 17.4 Å². The van der Waals surface area contributed by atoms with E-state index in [9.17, 15) is 14.4 Å². The molecule has 35 heavy (non-hydrogen) atoms. The van der Waals surface area contributed by atoms with Crippen LogP contribution in [0, 0.1) is 0 Å². The number of thiophene rings is 1. The Bertz CT molecular complexity index is 1410. The van der Waals surface area contributed by atoms with Crippen LogP contribution in [0.25, 0.3) is 10.2 Å². The monoisotopic (exact) mass is 493 g/mol. The molecule has 0 unspecified atom stereocenters. The van der Waals surface area contributed by atoms with Crippen molar-refractivity contribution in [3.05, 3.63) is 97.9 Å². The van der Waals surface area contributed by atoms with E-state index in [1.807, 2.05) is 24.3 Å². The maximum absolute atomic E-state index is 12.7. The van der Waals surface area contributed by atoms with Crippen LogP contribution < -0.4 is 10.9 Å². The van der Waals surface area contributed by atoms with Gasteiger partial charge in [-0.25, -0.2) is 9.78 Å². The van der Waals surface area contributed by atoms with Crippen LogP contribution in [0.4, 0.5) is 0 Å². The van der Waals surface area contributed by atoms with E-state index in [4.69, 9.17) is 14.6 Å². The van der Waals surface area contributed by atoms with E-state index in [2.05, 4.69) is 15.3 Å². The molecule has 2 heterocycles. The van der Waals surface area contributed by atoms with Gasteiger partial charge in [0.15, 0.2) is 0 Å². The van der Waals surface area contributed by atoms with Crippen molar-refractivity contribution in [3.8, 4) is 0 Å². The third-order valence-electron chi connectivity index (χ3n) is 5.22. The van der Waals surface area contributed by atoms with Crippen molar-refractivity contribution in [2.45, 2.75) is 26.4 Å². The van der Waals surface area contributed by atoms with Crippen molar-refractivity contribution < 1.29 is 24.2 Å². The average Bonchev–Trinajstić information content (AvgIpc) is 3.27. The molecule has 2 aromatic carbocycles. The number of H-pyrrole nitrogens is 1. The summed E-state index contributed by atoms with van der Waals surface area (Å²) < 4.78 is 10.8. The lowest BCUT2D eigenvalue weighted by atomic mass is 10.1. The average molecular weight is 494 g/mol. The SMILES string of the molecule is COCc1cccc(CNC(=O)c2nc3scc(COCc4ccc(C(=O)O)cc4)c3c(=O)[nH]2)c1. The molecule has 1 amide bonds. The lowest BCUT2D eigenvalue weighted by molar-refractivity contribution is 0.0696. The second kappa shape index (κ2) is 11.0. The number of nitrogens with zero attached hydrogens (tertiary/aromatic N) is 1. The first-order valence-corrected chi connectivity index (χ1v) is 11.6. The molecule has 0 saturated carbocycles. The molecule has 9 nitrogen and oxygen atoms in total. The largest absolute Gasteiger partial charge is 0.478 e. The number of aromatic amines is 1. The fraction of sp³-hybridized carbons (Fsp3) is 0.200. The van der Waals surface area contributed by atoms with Crippen LogP contribution in [0.3, 0.4) is 0 Å². The summed E-state index contributed by atoms with van der Waals surface area (Å²) in [5.41, 5.74) is 3.18. The van der Waals surface area contributed by atoms with E-state index in [1.54, 1.807) is 24.6 Å². The predicted molar refractivity (Wildman–Crippen MR) is 130 cm³/mol. The zero-order chi connectivity index (χ0) is 24.8. The Balaban J connectivity index is 1.39. The predicted octanol–water partition coefficient (Wildman–Crippen LogP) is 3.48. The molecule has 0 aliphatic rings. The summed E-state index contributed by atoms with van der Waals surface area (Å²) in [4.78, 5) is 43.6. The molecule has 0 aliphatic heterocycles. The molecular formula is C25H23N3O6S. The fourth-order valence-electron chi connectivity index (χ4n) is 3.51. The quantitative estimate of drug-likeness (QED) is 0.308. The fourth-order valence-corrected chi connectivity index (χ4v) is 4.43. The van der Waals surface area contributed by atoms with E-state index in [0.29, 0.717) is 22.4 Å². The molecule has 0 fully saturated rings. The molecule has 0 spiro atoms. The molecule has 0 bridgehead atoms. The first kappa shape index (κ1) is 24.3. The molecule has 180 valence electrons. The van der Waals surface area contributed by atoms with Gasteiger partial charge in [0.1, 0.15) is 4.83 Å². The number of ether oxygens (including phenoxy) is 2. The second-order valence-corrected chi connectivity index (χ2v) is 8.64. The number of amides is 1. The Morgan fingerprint density at radius 3 is 2.57 bits per heavy atom. The minimum absolute atomic E-state index is 0.0524. The molecule has 0 radical (unpaired) electrons. The lowest BCUT2D eigenvalue weighted by Gasteiger charge is -2.07. The van der Waals surface area contributed by atoms with Gasteiger partial charge in [-0.05, 0) is 34.2 Å². The summed E-state index contributed by atoms with van der Waals surface area (Å²) in [5, 5.41) is 13.9. The summed E-state index contributed by atoms with van der Waals surface area (Å²) in [6.45, 7) is 1.20. The van der Waals surface area contributed by atoms with E-state index >= 15 is 0 Å². The highest BCUT2D eigenvalue weighted by molar-refractivity contribution is 7.16. The topological polar surface area (TPSA) is 131 Å². The van der Waals surface area contributed by atoms with Crippen molar-refractivity contribution in [2.24, 2.45) is 0 Å². The molecule has 2 aromatic heterocycles. The molecule has 4 aromatic rings. The van der Waals surface area contributed by atoms with Gasteiger partial charge in [-0.3, -0.25) is 9.59 Å². The number of fused-ring (bicyclic) bond motifs is 1. The van der Waals surface area contributed by atoms with Gasteiger partial charge in [-0.1, -0.05) is 36.4 Å². The van der Waals surface area contributed by atoms with Crippen LogP contribution in [0.5, 0.6) is 0 Å². The minimum atomic E-state index is -0.988. The number of methoxy groups -OCH3 is 1. The van der Waals surface area contributed by atoms with Crippen molar-refractivity contribution >= 4 is 33.4 Å². The number of benzene rings is 2. The number of nitrogens with one attached hydrogen (secondary N) is 2. The summed E-state index contributed by atoms with van der Waals surface area (Å²) in [7, 11) is 1.62. The number of carbonyl (C=O) groups is 2. The number of carboxylic acid groups (broad SMARTS) is 1. The Kier molecular flexibility index (Phi) is 7.66. The van der Waals surface area contributed by atoms with E-state index in [-0.39, 0.29) is 31.1 Å². The standard InChI is InChI=1S/C25H23N3O6S/c1-33-11-17-4-2-3-16(9-17)10-26-23(30)21-27-22(29)20-19(14-35-24(20)28-21)13-34-12-15-5-7-18(8-6-15)25(31)32/h2-9,14H,10-13H2,1H3,(H,26,30)(H,31,32)(H,27,28,29). The zero-order valence-corrected chi connectivity index (χ0v) is 19.7. The van der Waals surface area contributed by atoms with Gasteiger partial charge < -0.3 is 24.9 Å². The molecule has 0 atom stereocenters. The van der Waals surface area contributed by atoms with Crippen LogP contribution in [-0.2, 0) is 35.8 Å². The van der Waals surface area contributed by atoms with Crippen LogP contribution in [0.15, 0.2) is 58.7 Å². The van der Waals surface area contributed by atoms with Crippen LogP contribution in [0.1, 0.15) is 43.2 Å². The van der Waals surface area contributed by atoms with Gasteiger partial charge in [-0.2, -0.15) is 0 Å². The maximum Gasteiger partial charge on any atom is 0.335 e. The summed E-state index contributed by atoms with van der Waals surface area (Å²) in [6.07, 6.45) is 0. The molecule has 4 rings (SSSR count). The van der Waals surface area contributed by atoms with E-state index in [0.717, 1.165) is 16.7 Å². The molecule has 3 N–H and O–H groups in total. The molecule has 10 heteroatoms. The van der Waals surface area contributed by atoms with Gasteiger partial charge in [0.05, 0.1) is 30.8 Å². The smallest absolute Gasteiger partial charge is 0.335 e. The van der Waals surface area contributed by atoms with Crippen molar-refractivity contribution in [1.29, 1.82) is 0 Å². The maximum atomic E-state index is 12.7. The first-order valence-electron chi connectivity index (χ1n) is 10.7. The Hall–Kier alpha value is -3.86. The van der Waals surface area contributed by atoms with Gasteiger partial charge in [-0.15, -0.1) is 11.3 Å². The highest BCUT2D eigenvalue weighted by Crippen LogP contribution is 2.22. The van der Waals surface area contributed by atoms with Gasteiger partial charge in [0.25, 0.3) is 11.5 Å². The van der Waals surface area contributed by atoms with Crippen LogP contribution >= 0.6 is 11.3 Å². The molecule has 0 aliphatic carbocycles. The Morgan fingerprint density at radius 1 is 1.06 bits per heavy atom. The molecule has 0 saturated heterocycles. The van der Waals surface area contributed by atoms with Crippen molar-refractivity contribution in [1.82, 2.24) is 15.3 Å². The van der Waals surface area contributed by atoms with Gasteiger partial charge >= 0.3 is 5.97 Å².